The highest BCUT2D eigenvalue weighted by Crippen LogP contribution is 2.21. The van der Waals surface area contributed by atoms with Gasteiger partial charge in [-0.25, -0.2) is 4.39 Å². The van der Waals surface area contributed by atoms with Crippen molar-refractivity contribution in [3.05, 3.63) is 35.1 Å². The number of methoxy groups -OCH3 is 3. The minimum atomic E-state index is -0.665. The zero-order chi connectivity index (χ0) is 11.3. The van der Waals surface area contributed by atoms with Crippen LogP contribution >= 0.6 is 0 Å². The van der Waals surface area contributed by atoms with E-state index in [9.17, 15) is 4.39 Å². The fraction of sp³-hybridized carbons (Fsp3) is 0.455. The van der Waals surface area contributed by atoms with E-state index in [4.69, 9.17) is 14.2 Å². The molecular formula is C11H15FO3. The van der Waals surface area contributed by atoms with E-state index in [1.807, 2.05) is 0 Å². The summed E-state index contributed by atoms with van der Waals surface area (Å²) in [5.74, 6) is -0.349. The van der Waals surface area contributed by atoms with Crippen LogP contribution in [0.3, 0.4) is 0 Å². The van der Waals surface area contributed by atoms with Gasteiger partial charge in [0.2, 0.25) is 0 Å². The van der Waals surface area contributed by atoms with E-state index in [-0.39, 0.29) is 5.82 Å². The molecule has 15 heavy (non-hydrogen) atoms. The van der Waals surface area contributed by atoms with Gasteiger partial charge in [0.1, 0.15) is 5.82 Å². The summed E-state index contributed by atoms with van der Waals surface area (Å²) >= 11 is 0. The van der Waals surface area contributed by atoms with Gasteiger partial charge in [-0.3, -0.25) is 0 Å². The molecule has 0 radical (unpaired) electrons. The van der Waals surface area contributed by atoms with Gasteiger partial charge in [-0.1, -0.05) is 12.1 Å². The quantitative estimate of drug-likeness (QED) is 0.704. The Morgan fingerprint density at radius 2 is 1.87 bits per heavy atom. The van der Waals surface area contributed by atoms with Crippen molar-refractivity contribution in [2.75, 3.05) is 21.3 Å². The smallest absolute Gasteiger partial charge is 0.185 e. The summed E-state index contributed by atoms with van der Waals surface area (Å²) in [6, 6.07) is 4.85. The van der Waals surface area contributed by atoms with E-state index in [0.717, 1.165) is 5.56 Å². The number of ether oxygens (including phenoxy) is 3. The number of hydrogen-bond donors (Lipinski definition) is 0. The van der Waals surface area contributed by atoms with Crippen LogP contribution in [-0.2, 0) is 20.8 Å². The minimum absolute atomic E-state index is 0.349. The van der Waals surface area contributed by atoms with Crippen molar-refractivity contribution in [2.45, 2.75) is 12.9 Å². The van der Waals surface area contributed by atoms with Crippen molar-refractivity contribution in [1.29, 1.82) is 0 Å². The molecule has 0 aliphatic carbocycles. The number of halogens is 1. The fourth-order valence-corrected chi connectivity index (χ4v) is 1.37. The topological polar surface area (TPSA) is 27.7 Å². The zero-order valence-electron chi connectivity index (χ0n) is 9.12. The molecule has 0 atom stereocenters. The van der Waals surface area contributed by atoms with E-state index in [1.54, 1.807) is 19.2 Å². The summed E-state index contributed by atoms with van der Waals surface area (Å²) < 4.78 is 28.4. The van der Waals surface area contributed by atoms with Gasteiger partial charge >= 0.3 is 0 Å². The summed E-state index contributed by atoms with van der Waals surface area (Å²) in [5.41, 5.74) is 1.17. The molecule has 0 aliphatic heterocycles. The first kappa shape index (κ1) is 12.1. The Hall–Kier alpha value is -0.970. The molecule has 0 bridgehead atoms. The van der Waals surface area contributed by atoms with Gasteiger partial charge in [0, 0.05) is 26.9 Å². The standard InChI is InChI=1S/C11H15FO3/c1-13-7-8-4-5-9(10(12)6-8)11(14-2)15-3/h4-6,11H,7H2,1-3H3. The molecule has 0 aromatic heterocycles. The molecule has 3 nitrogen and oxygen atoms in total. The predicted octanol–water partition coefficient (Wildman–Crippen LogP) is 2.26. The molecular weight excluding hydrogens is 199 g/mol. The molecule has 0 saturated heterocycles. The fourth-order valence-electron chi connectivity index (χ4n) is 1.37. The highest BCUT2D eigenvalue weighted by Gasteiger charge is 2.14. The Balaban J connectivity index is 2.91. The van der Waals surface area contributed by atoms with Crippen LogP contribution in [0.2, 0.25) is 0 Å². The molecule has 0 fully saturated rings. The van der Waals surface area contributed by atoms with Crippen LogP contribution in [-0.4, -0.2) is 21.3 Å². The van der Waals surface area contributed by atoms with Crippen molar-refractivity contribution in [2.24, 2.45) is 0 Å². The normalized spacial score (nSPS) is 11.0. The molecule has 0 spiro atoms. The van der Waals surface area contributed by atoms with Gasteiger partial charge in [0.25, 0.3) is 0 Å². The van der Waals surface area contributed by atoms with Crippen LogP contribution in [0.15, 0.2) is 18.2 Å². The Morgan fingerprint density at radius 3 is 2.33 bits per heavy atom. The largest absolute Gasteiger partial charge is 0.380 e. The van der Waals surface area contributed by atoms with E-state index >= 15 is 0 Å². The summed E-state index contributed by atoms with van der Waals surface area (Å²) in [7, 11) is 4.51. The van der Waals surface area contributed by atoms with Crippen LogP contribution < -0.4 is 0 Å². The lowest BCUT2D eigenvalue weighted by Gasteiger charge is -2.14. The van der Waals surface area contributed by atoms with Crippen molar-refractivity contribution in [3.8, 4) is 0 Å². The lowest BCUT2D eigenvalue weighted by Crippen LogP contribution is -2.06. The van der Waals surface area contributed by atoms with Gasteiger partial charge in [-0.05, 0) is 11.6 Å². The molecule has 0 amide bonds. The molecule has 0 heterocycles. The lowest BCUT2D eigenvalue weighted by molar-refractivity contribution is -0.107. The Bertz CT molecular complexity index is 311. The van der Waals surface area contributed by atoms with Crippen molar-refractivity contribution >= 4 is 0 Å². The zero-order valence-corrected chi connectivity index (χ0v) is 9.12. The van der Waals surface area contributed by atoms with Crippen LogP contribution in [0, 0.1) is 5.82 Å². The maximum atomic E-state index is 13.6. The maximum Gasteiger partial charge on any atom is 0.185 e. The number of benzene rings is 1. The van der Waals surface area contributed by atoms with Gasteiger partial charge in [0.05, 0.1) is 6.61 Å². The van der Waals surface area contributed by atoms with E-state index in [0.29, 0.717) is 12.2 Å². The van der Waals surface area contributed by atoms with E-state index in [1.165, 1.54) is 20.3 Å². The molecule has 0 N–H and O–H groups in total. The van der Waals surface area contributed by atoms with Gasteiger partial charge in [-0.15, -0.1) is 0 Å². The first-order chi connectivity index (χ1) is 7.22. The first-order valence-corrected chi connectivity index (χ1v) is 4.55. The Kier molecular flexibility index (Phi) is 4.68. The SMILES string of the molecule is COCc1ccc(C(OC)OC)c(F)c1. The molecule has 0 unspecified atom stereocenters. The molecule has 1 rings (SSSR count). The Morgan fingerprint density at radius 1 is 1.20 bits per heavy atom. The van der Waals surface area contributed by atoms with Gasteiger partial charge < -0.3 is 14.2 Å². The van der Waals surface area contributed by atoms with Crippen LogP contribution in [0.4, 0.5) is 4.39 Å². The summed E-state index contributed by atoms with van der Waals surface area (Å²) in [6.07, 6.45) is -0.665. The number of hydrogen-bond acceptors (Lipinski definition) is 3. The Labute approximate surface area is 88.8 Å². The third-order valence-corrected chi connectivity index (χ3v) is 2.06. The molecule has 4 heteroatoms. The maximum absolute atomic E-state index is 13.6. The monoisotopic (exact) mass is 214 g/mol. The summed E-state index contributed by atoms with van der Waals surface area (Å²) in [5, 5.41) is 0. The second-order valence-electron chi connectivity index (χ2n) is 3.09. The van der Waals surface area contributed by atoms with Gasteiger partial charge in [0.15, 0.2) is 6.29 Å². The van der Waals surface area contributed by atoms with E-state index < -0.39 is 6.29 Å². The molecule has 0 saturated carbocycles. The summed E-state index contributed by atoms with van der Waals surface area (Å²) in [4.78, 5) is 0. The first-order valence-electron chi connectivity index (χ1n) is 4.55. The number of rotatable bonds is 5. The van der Waals surface area contributed by atoms with E-state index in [2.05, 4.69) is 0 Å². The summed E-state index contributed by atoms with van der Waals surface area (Å²) in [6.45, 7) is 0.391. The van der Waals surface area contributed by atoms with Crippen molar-refractivity contribution in [1.82, 2.24) is 0 Å². The third kappa shape index (κ3) is 2.99. The van der Waals surface area contributed by atoms with Crippen molar-refractivity contribution < 1.29 is 18.6 Å². The average Bonchev–Trinajstić information content (AvgIpc) is 2.23. The van der Waals surface area contributed by atoms with Crippen LogP contribution in [0.25, 0.3) is 0 Å². The third-order valence-electron chi connectivity index (χ3n) is 2.06. The molecule has 84 valence electrons. The average molecular weight is 214 g/mol. The predicted molar refractivity (Wildman–Crippen MR) is 53.9 cm³/mol. The lowest BCUT2D eigenvalue weighted by atomic mass is 10.1. The van der Waals surface area contributed by atoms with Crippen LogP contribution in [0.1, 0.15) is 17.4 Å². The molecule has 1 aromatic rings. The highest BCUT2D eigenvalue weighted by atomic mass is 19.1. The van der Waals surface area contributed by atoms with Crippen LogP contribution in [0.5, 0.6) is 0 Å². The molecule has 1 aromatic carbocycles. The van der Waals surface area contributed by atoms with Crippen molar-refractivity contribution in [3.63, 3.8) is 0 Å². The second kappa shape index (κ2) is 5.80. The molecule has 0 aliphatic rings. The highest BCUT2D eigenvalue weighted by molar-refractivity contribution is 5.25. The second-order valence-corrected chi connectivity index (χ2v) is 3.09. The van der Waals surface area contributed by atoms with Gasteiger partial charge in [-0.2, -0.15) is 0 Å². The minimum Gasteiger partial charge on any atom is -0.380 e.